The molecular formula is C29H33Cl2N3O4S. The number of rotatable bonds is 11. The summed E-state index contributed by atoms with van der Waals surface area (Å²) < 4.78 is 26.9. The van der Waals surface area contributed by atoms with Gasteiger partial charge in [-0.15, -0.1) is 0 Å². The van der Waals surface area contributed by atoms with E-state index in [1.165, 1.54) is 11.0 Å². The number of hydrogen-bond acceptors (Lipinski definition) is 4. The van der Waals surface area contributed by atoms with E-state index in [1.54, 1.807) is 37.3 Å². The molecule has 0 radical (unpaired) electrons. The highest BCUT2D eigenvalue weighted by Gasteiger charge is 2.33. The second kappa shape index (κ2) is 13.3. The van der Waals surface area contributed by atoms with E-state index in [2.05, 4.69) is 5.32 Å². The van der Waals surface area contributed by atoms with Crippen molar-refractivity contribution in [2.45, 2.75) is 45.8 Å². The van der Waals surface area contributed by atoms with Crippen LogP contribution in [0.3, 0.4) is 0 Å². The molecule has 1 atom stereocenters. The quantitative estimate of drug-likeness (QED) is 0.331. The van der Waals surface area contributed by atoms with Crippen molar-refractivity contribution < 1.29 is 18.0 Å². The van der Waals surface area contributed by atoms with Gasteiger partial charge in [-0.05, 0) is 61.7 Å². The molecule has 0 aliphatic heterocycles. The normalized spacial score (nSPS) is 12.2. The van der Waals surface area contributed by atoms with Gasteiger partial charge in [-0.25, -0.2) is 8.42 Å². The number of carbonyl (C=O) groups is 2. The maximum Gasteiger partial charge on any atom is 0.244 e. The van der Waals surface area contributed by atoms with Crippen LogP contribution in [0.5, 0.6) is 0 Å². The molecule has 3 aromatic rings. The van der Waals surface area contributed by atoms with E-state index in [0.29, 0.717) is 26.9 Å². The number of nitrogens with zero attached hydrogens (tertiary/aromatic N) is 2. The maximum absolute atomic E-state index is 14.1. The van der Waals surface area contributed by atoms with Crippen LogP contribution in [-0.4, -0.2) is 50.0 Å². The molecule has 0 aliphatic rings. The van der Waals surface area contributed by atoms with Crippen molar-refractivity contribution >= 4 is 50.7 Å². The van der Waals surface area contributed by atoms with Crippen LogP contribution in [0.25, 0.3) is 0 Å². The molecule has 0 aromatic heterocycles. The zero-order valence-corrected chi connectivity index (χ0v) is 24.7. The average Bonchev–Trinajstić information content (AvgIpc) is 2.85. The van der Waals surface area contributed by atoms with Crippen molar-refractivity contribution in [2.75, 3.05) is 17.1 Å². The predicted octanol–water partition coefficient (Wildman–Crippen LogP) is 5.23. The number of benzene rings is 3. The fourth-order valence-corrected chi connectivity index (χ4v) is 5.49. The Morgan fingerprint density at radius 3 is 2.15 bits per heavy atom. The van der Waals surface area contributed by atoms with Gasteiger partial charge in [0.1, 0.15) is 12.6 Å². The minimum absolute atomic E-state index is 0.0501. The van der Waals surface area contributed by atoms with E-state index in [1.807, 2.05) is 50.2 Å². The lowest BCUT2D eigenvalue weighted by Crippen LogP contribution is -2.54. The summed E-state index contributed by atoms with van der Waals surface area (Å²) in [6, 6.07) is 20.2. The number of carbonyl (C=O) groups excluding carboxylic acids is 2. The first-order valence-electron chi connectivity index (χ1n) is 12.5. The van der Waals surface area contributed by atoms with Crippen LogP contribution in [0.1, 0.15) is 30.5 Å². The molecule has 0 aliphatic carbocycles. The van der Waals surface area contributed by atoms with Crippen LogP contribution in [0, 0.1) is 6.92 Å². The fraction of sp³-hybridized carbons (Fsp3) is 0.310. The Balaban J connectivity index is 2.08. The van der Waals surface area contributed by atoms with Crippen LogP contribution in [0.15, 0.2) is 72.8 Å². The molecule has 2 amide bonds. The molecule has 0 bridgehead atoms. The molecule has 3 rings (SSSR count). The van der Waals surface area contributed by atoms with Gasteiger partial charge in [0.2, 0.25) is 21.8 Å². The van der Waals surface area contributed by atoms with Gasteiger partial charge in [0.15, 0.2) is 0 Å². The minimum Gasteiger partial charge on any atom is -0.352 e. The summed E-state index contributed by atoms with van der Waals surface area (Å²) in [7, 11) is -3.88. The zero-order valence-electron chi connectivity index (χ0n) is 22.4. The van der Waals surface area contributed by atoms with Gasteiger partial charge >= 0.3 is 0 Å². The summed E-state index contributed by atoms with van der Waals surface area (Å²) in [6.45, 7) is 4.96. The highest BCUT2D eigenvalue weighted by atomic mass is 35.5. The van der Waals surface area contributed by atoms with Gasteiger partial charge < -0.3 is 10.2 Å². The molecule has 0 saturated heterocycles. The number of anilines is 1. The number of nitrogens with one attached hydrogen (secondary N) is 1. The number of sulfonamides is 1. The first-order valence-corrected chi connectivity index (χ1v) is 15.1. The van der Waals surface area contributed by atoms with E-state index in [0.717, 1.165) is 16.1 Å². The van der Waals surface area contributed by atoms with E-state index >= 15 is 0 Å². The van der Waals surface area contributed by atoms with Crippen molar-refractivity contribution in [3.05, 3.63) is 99.5 Å². The van der Waals surface area contributed by atoms with Gasteiger partial charge in [-0.2, -0.15) is 0 Å². The molecule has 208 valence electrons. The van der Waals surface area contributed by atoms with Crippen molar-refractivity contribution in [3.8, 4) is 0 Å². The van der Waals surface area contributed by atoms with Crippen molar-refractivity contribution in [1.29, 1.82) is 0 Å². The molecule has 0 saturated carbocycles. The Kier molecular flexibility index (Phi) is 10.4. The number of halogens is 2. The molecule has 10 heteroatoms. The van der Waals surface area contributed by atoms with Crippen LogP contribution >= 0.6 is 23.2 Å². The van der Waals surface area contributed by atoms with Crippen molar-refractivity contribution in [3.63, 3.8) is 0 Å². The van der Waals surface area contributed by atoms with E-state index < -0.39 is 28.5 Å². The summed E-state index contributed by atoms with van der Waals surface area (Å²) >= 11 is 12.4. The van der Waals surface area contributed by atoms with E-state index in [9.17, 15) is 18.0 Å². The fourth-order valence-electron chi connectivity index (χ4n) is 4.21. The molecule has 3 aromatic carbocycles. The molecule has 1 unspecified atom stereocenters. The lowest BCUT2D eigenvalue weighted by atomic mass is 10.0. The molecule has 1 N–H and O–H groups in total. The Labute approximate surface area is 240 Å². The minimum atomic E-state index is -3.88. The Hall–Kier alpha value is -3.07. The van der Waals surface area contributed by atoms with Crippen LogP contribution in [-0.2, 0) is 32.6 Å². The summed E-state index contributed by atoms with van der Waals surface area (Å²) in [5.74, 6) is -0.881. The third kappa shape index (κ3) is 8.71. The Morgan fingerprint density at radius 2 is 1.54 bits per heavy atom. The lowest BCUT2D eigenvalue weighted by molar-refractivity contribution is -0.140. The average molecular weight is 591 g/mol. The van der Waals surface area contributed by atoms with Gasteiger partial charge in [0, 0.05) is 29.1 Å². The van der Waals surface area contributed by atoms with Crippen molar-refractivity contribution in [1.82, 2.24) is 10.2 Å². The highest BCUT2D eigenvalue weighted by molar-refractivity contribution is 7.92. The SMILES string of the molecule is Cc1ccc(Cl)cc1N(CC(=O)N(Cc1cccc(Cl)c1)C(Cc1ccccc1)C(=O)NC(C)C)S(C)(=O)=O. The molecule has 7 nitrogen and oxygen atoms in total. The first-order chi connectivity index (χ1) is 18.3. The van der Waals surface area contributed by atoms with E-state index in [4.69, 9.17) is 23.2 Å². The molecule has 0 spiro atoms. The third-order valence-electron chi connectivity index (χ3n) is 6.06. The monoisotopic (exact) mass is 589 g/mol. The van der Waals surface area contributed by atoms with E-state index in [-0.39, 0.29) is 24.9 Å². The molecule has 39 heavy (non-hydrogen) atoms. The number of aryl methyl sites for hydroxylation is 1. The highest BCUT2D eigenvalue weighted by Crippen LogP contribution is 2.27. The maximum atomic E-state index is 14.1. The predicted molar refractivity (Wildman–Crippen MR) is 158 cm³/mol. The van der Waals surface area contributed by atoms with Gasteiger partial charge in [-0.1, -0.05) is 71.7 Å². The zero-order chi connectivity index (χ0) is 28.7. The van der Waals surface area contributed by atoms with Crippen LogP contribution < -0.4 is 9.62 Å². The number of amides is 2. The molecule has 0 heterocycles. The van der Waals surface area contributed by atoms with Gasteiger partial charge in [-0.3, -0.25) is 13.9 Å². The molecular weight excluding hydrogens is 557 g/mol. The van der Waals surface area contributed by atoms with Crippen molar-refractivity contribution in [2.24, 2.45) is 0 Å². The largest absolute Gasteiger partial charge is 0.352 e. The standard InChI is InChI=1S/C29H33Cl2N3O4S/c1-20(2)32-29(36)27(16-22-9-6-5-7-10-22)33(18-23-11-8-12-24(30)15-23)28(35)19-34(39(4,37)38)26-17-25(31)14-13-21(26)3/h5-15,17,20,27H,16,18-19H2,1-4H3,(H,32,36). The smallest absolute Gasteiger partial charge is 0.244 e. The van der Waals surface area contributed by atoms with Crippen LogP contribution in [0.4, 0.5) is 5.69 Å². The molecule has 0 fully saturated rings. The summed E-state index contributed by atoms with van der Waals surface area (Å²) in [5, 5.41) is 3.74. The first kappa shape index (κ1) is 30.5. The summed E-state index contributed by atoms with van der Waals surface area (Å²) in [6.07, 6.45) is 1.27. The summed E-state index contributed by atoms with van der Waals surface area (Å²) in [4.78, 5) is 29.0. The second-order valence-corrected chi connectivity index (χ2v) is 12.5. The Morgan fingerprint density at radius 1 is 0.897 bits per heavy atom. The third-order valence-corrected chi connectivity index (χ3v) is 7.66. The van der Waals surface area contributed by atoms with Gasteiger partial charge in [0.25, 0.3) is 0 Å². The topological polar surface area (TPSA) is 86.8 Å². The second-order valence-electron chi connectivity index (χ2n) is 9.72. The lowest BCUT2D eigenvalue weighted by Gasteiger charge is -2.34. The number of hydrogen-bond donors (Lipinski definition) is 1. The van der Waals surface area contributed by atoms with Gasteiger partial charge in [0.05, 0.1) is 11.9 Å². The van der Waals surface area contributed by atoms with Crippen LogP contribution in [0.2, 0.25) is 10.0 Å². The summed E-state index contributed by atoms with van der Waals surface area (Å²) in [5.41, 5.74) is 2.50. The Bertz CT molecular complexity index is 1420.